The van der Waals surface area contributed by atoms with Gasteiger partial charge in [0.15, 0.2) is 0 Å². The Morgan fingerprint density at radius 2 is 1.71 bits per heavy atom. The van der Waals surface area contributed by atoms with E-state index in [9.17, 15) is 21.6 Å². The van der Waals surface area contributed by atoms with Crippen LogP contribution in [0, 0.1) is 0 Å². The van der Waals surface area contributed by atoms with Crippen LogP contribution in [-0.4, -0.2) is 24.8 Å². The maximum Gasteiger partial charge on any atom is 0.416 e. The molecular formula is C14H18F3NO2S. The van der Waals surface area contributed by atoms with Crippen molar-refractivity contribution in [1.29, 1.82) is 0 Å². The van der Waals surface area contributed by atoms with Crippen molar-refractivity contribution >= 4 is 10.0 Å². The van der Waals surface area contributed by atoms with Crippen molar-refractivity contribution in [2.75, 3.05) is 0 Å². The molecule has 3 nitrogen and oxygen atoms in total. The molecule has 0 saturated carbocycles. The molecule has 1 aromatic rings. The van der Waals surface area contributed by atoms with Crippen molar-refractivity contribution in [2.45, 2.75) is 56.3 Å². The topological polar surface area (TPSA) is 37.4 Å². The van der Waals surface area contributed by atoms with E-state index in [0.29, 0.717) is 6.07 Å². The average Bonchev–Trinajstić information content (AvgIpc) is 2.37. The first-order valence-electron chi connectivity index (χ1n) is 6.85. The maximum atomic E-state index is 12.7. The summed E-state index contributed by atoms with van der Waals surface area (Å²) in [6, 6.07) is 3.54. The molecule has 0 aliphatic carbocycles. The lowest BCUT2D eigenvalue weighted by Gasteiger charge is -2.37. The number of alkyl halides is 3. The summed E-state index contributed by atoms with van der Waals surface area (Å²) >= 11 is 0. The lowest BCUT2D eigenvalue weighted by molar-refractivity contribution is -0.137. The summed E-state index contributed by atoms with van der Waals surface area (Å²) < 4.78 is 64.9. The lowest BCUT2D eigenvalue weighted by Crippen LogP contribution is -2.47. The summed E-state index contributed by atoms with van der Waals surface area (Å²) in [6.45, 7) is 3.58. The quantitative estimate of drug-likeness (QED) is 0.834. The summed E-state index contributed by atoms with van der Waals surface area (Å²) in [7, 11) is -3.91. The Kier molecular flexibility index (Phi) is 4.35. The van der Waals surface area contributed by atoms with Crippen LogP contribution in [0.15, 0.2) is 29.2 Å². The van der Waals surface area contributed by atoms with Gasteiger partial charge in [0, 0.05) is 12.1 Å². The van der Waals surface area contributed by atoms with Crippen LogP contribution in [0.4, 0.5) is 13.2 Å². The Hall–Kier alpha value is -1.08. The van der Waals surface area contributed by atoms with Crippen molar-refractivity contribution in [3.05, 3.63) is 29.8 Å². The van der Waals surface area contributed by atoms with Gasteiger partial charge >= 0.3 is 6.18 Å². The molecule has 0 amide bonds. The molecule has 0 spiro atoms. The third-order valence-corrected chi connectivity index (χ3v) is 5.97. The zero-order valence-corrected chi connectivity index (χ0v) is 12.7. The summed E-state index contributed by atoms with van der Waals surface area (Å²) in [6.07, 6.45) is -2.17. The predicted octanol–water partition coefficient (Wildman–Crippen LogP) is 3.66. The highest BCUT2D eigenvalue weighted by molar-refractivity contribution is 7.89. The molecule has 21 heavy (non-hydrogen) atoms. The molecule has 1 heterocycles. The van der Waals surface area contributed by atoms with Gasteiger partial charge in [-0.2, -0.15) is 17.5 Å². The number of rotatable bonds is 2. The van der Waals surface area contributed by atoms with Crippen molar-refractivity contribution in [3.63, 3.8) is 0 Å². The van der Waals surface area contributed by atoms with Gasteiger partial charge in [-0.05, 0) is 44.9 Å². The molecule has 0 bridgehead atoms. The van der Waals surface area contributed by atoms with Gasteiger partial charge < -0.3 is 0 Å². The first kappa shape index (κ1) is 16.3. The highest BCUT2D eigenvalue weighted by Crippen LogP contribution is 2.33. The third kappa shape index (κ3) is 3.23. The van der Waals surface area contributed by atoms with Gasteiger partial charge in [-0.1, -0.05) is 12.5 Å². The highest BCUT2D eigenvalue weighted by atomic mass is 32.2. The molecular weight excluding hydrogens is 303 g/mol. The minimum Gasteiger partial charge on any atom is -0.207 e. The van der Waals surface area contributed by atoms with Crippen molar-refractivity contribution in [1.82, 2.24) is 4.31 Å². The summed E-state index contributed by atoms with van der Waals surface area (Å²) in [5.74, 6) is 0. The Morgan fingerprint density at radius 3 is 2.24 bits per heavy atom. The summed E-state index contributed by atoms with van der Waals surface area (Å²) in [5, 5.41) is 0. The molecule has 0 N–H and O–H groups in total. The molecule has 1 saturated heterocycles. The number of benzene rings is 1. The number of halogens is 3. The fourth-order valence-electron chi connectivity index (χ4n) is 2.83. The van der Waals surface area contributed by atoms with Gasteiger partial charge in [-0.25, -0.2) is 8.42 Å². The van der Waals surface area contributed by atoms with E-state index in [2.05, 4.69) is 0 Å². The maximum absolute atomic E-state index is 12.7. The van der Waals surface area contributed by atoms with E-state index in [0.717, 1.165) is 31.4 Å². The van der Waals surface area contributed by atoms with Gasteiger partial charge in [0.1, 0.15) is 0 Å². The van der Waals surface area contributed by atoms with Crippen LogP contribution in [0.1, 0.15) is 38.7 Å². The number of nitrogens with zero attached hydrogens (tertiary/aromatic N) is 1. The van der Waals surface area contributed by atoms with Crippen LogP contribution >= 0.6 is 0 Å². The van der Waals surface area contributed by atoms with Gasteiger partial charge in [0.2, 0.25) is 10.0 Å². The zero-order valence-electron chi connectivity index (χ0n) is 11.9. The Balaban J connectivity index is 2.44. The Morgan fingerprint density at radius 1 is 1.14 bits per heavy atom. The summed E-state index contributed by atoms with van der Waals surface area (Å²) in [5.41, 5.74) is -0.944. The number of hydrogen-bond acceptors (Lipinski definition) is 2. The second kappa shape index (κ2) is 5.61. The monoisotopic (exact) mass is 321 g/mol. The molecule has 1 aromatic carbocycles. The van der Waals surface area contributed by atoms with Crippen molar-refractivity contribution < 1.29 is 21.6 Å². The van der Waals surface area contributed by atoms with Gasteiger partial charge in [-0.3, -0.25) is 0 Å². The van der Waals surface area contributed by atoms with E-state index in [4.69, 9.17) is 0 Å². The van der Waals surface area contributed by atoms with E-state index >= 15 is 0 Å². The first-order valence-corrected chi connectivity index (χ1v) is 8.29. The van der Waals surface area contributed by atoms with Crippen LogP contribution in [0.5, 0.6) is 0 Å². The average molecular weight is 321 g/mol. The second-order valence-electron chi connectivity index (χ2n) is 5.49. The van der Waals surface area contributed by atoms with Crippen molar-refractivity contribution in [3.8, 4) is 0 Å². The molecule has 118 valence electrons. The minimum atomic E-state index is -4.55. The van der Waals surface area contributed by atoms with Gasteiger partial charge in [-0.15, -0.1) is 0 Å². The molecule has 2 atom stereocenters. The molecule has 0 aromatic heterocycles. The number of piperidine rings is 1. The standard InChI is InChI=1S/C14H18F3NO2S/c1-10-5-3-6-11(2)18(10)21(19,20)13-8-4-7-12(9-13)14(15,16)17/h4,7-11H,3,5-6H2,1-2H3. The van der Waals surface area contributed by atoms with Crippen LogP contribution in [0.2, 0.25) is 0 Å². The molecule has 0 radical (unpaired) electrons. The van der Waals surface area contributed by atoms with E-state index in [-0.39, 0.29) is 17.0 Å². The van der Waals surface area contributed by atoms with E-state index in [1.807, 2.05) is 0 Å². The van der Waals surface area contributed by atoms with E-state index in [1.165, 1.54) is 10.4 Å². The first-order chi connectivity index (χ1) is 9.64. The molecule has 2 unspecified atom stereocenters. The van der Waals surface area contributed by atoms with Crippen LogP contribution in [0.3, 0.4) is 0 Å². The molecule has 1 aliphatic rings. The fourth-order valence-corrected chi connectivity index (χ4v) is 4.75. The lowest BCUT2D eigenvalue weighted by atomic mass is 10.0. The molecule has 1 aliphatic heterocycles. The smallest absolute Gasteiger partial charge is 0.207 e. The second-order valence-corrected chi connectivity index (χ2v) is 7.33. The van der Waals surface area contributed by atoms with Crippen LogP contribution in [-0.2, 0) is 16.2 Å². The van der Waals surface area contributed by atoms with Crippen LogP contribution in [0.25, 0.3) is 0 Å². The zero-order chi connectivity index (χ0) is 15.8. The van der Waals surface area contributed by atoms with Gasteiger partial charge in [0.05, 0.1) is 10.5 Å². The Labute approximate surface area is 122 Å². The SMILES string of the molecule is CC1CCCC(C)N1S(=O)(=O)c1cccc(C(F)(F)F)c1. The highest BCUT2D eigenvalue weighted by Gasteiger charge is 2.37. The minimum absolute atomic E-state index is 0.201. The predicted molar refractivity (Wildman–Crippen MR) is 73.2 cm³/mol. The third-order valence-electron chi connectivity index (χ3n) is 3.85. The summed E-state index contributed by atoms with van der Waals surface area (Å²) in [4.78, 5) is -0.294. The van der Waals surface area contributed by atoms with Crippen molar-refractivity contribution in [2.24, 2.45) is 0 Å². The number of sulfonamides is 1. The molecule has 2 rings (SSSR count). The Bertz CT molecular complexity index is 603. The van der Waals surface area contributed by atoms with Crippen LogP contribution < -0.4 is 0 Å². The van der Waals surface area contributed by atoms with E-state index < -0.39 is 21.8 Å². The largest absolute Gasteiger partial charge is 0.416 e. The van der Waals surface area contributed by atoms with Gasteiger partial charge in [0.25, 0.3) is 0 Å². The molecule has 1 fully saturated rings. The normalized spacial score (nSPS) is 25.0. The number of hydrogen-bond donors (Lipinski definition) is 0. The molecule has 7 heteroatoms. The van der Waals surface area contributed by atoms with E-state index in [1.54, 1.807) is 13.8 Å². The fraction of sp³-hybridized carbons (Fsp3) is 0.571.